The third-order valence-electron chi connectivity index (χ3n) is 2.64. The lowest BCUT2D eigenvalue weighted by molar-refractivity contribution is -0.141. The van der Waals surface area contributed by atoms with Crippen molar-refractivity contribution in [1.82, 2.24) is 5.32 Å². The van der Waals surface area contributed by atoms with Gasteiger partial charge in [-0.2, -0.15) is 11.8 Å². The molecular formula is C13H15ClFNO3S. The van der Waals surface area contributed by atoms with Crippen LogP contribution >= 0.6 is 23.4 Å². The van der Waals surface area contributed by atoms with Crippen LogP contribution < -0.4 is 5.32 Å². The number of carbonyl (C=O) groups is 2. The summed E-state index contributed by atoms with van der Waals surface area (Å²) in [5, 5.41) is 11.5. The summed E-state index contributed by atoms with van der Waals surface area (Å²) in [4.78, 5) is 22.8. The first-order valence-electron chi connectivity index (χ1n) is 5.89. The second-order valence-electron chi connectivity index (χ2n) is 4.12. The molecular weight excluding hydrogens is 305 g/mol. The van der Waals surface area contributed by atoms with Gasteiger partial charge in [0.1, 0.15) is 11.9 Å². The number of rotatable bonds is 7. The minimum Gasteiger partial charge on any atom is -0.480 e. The Labute approximate surface area is 125 Å². The summed E-state index contributed by atoms with van der Waals surface area (Å²) in [6.07, 6.45) is 1.88. The van der Waals surface area contributed by atoms with Crippen molar-refractivity contribution in [3.05, 3.63) is 34.6 Å². The Kier molecular flexibility index (Phi) is 6.81. The van der Waals surface area contributed by atoms with Crippen LogP contribution in [0.15, 0.2) is 18.2 Å². The van der Waals surface area contributed by atoms with Crippen LogP contribution in [0, 0.1) is 5.82 Å². The van der Waals surface area contributed by atoms with E-state index in [0.29, 0.717) is 12.2 Å². The Bertz CT molecular complexity index is 478. The van der Waals surface area contributed by atoms with Crippen LogP contribution in [0.25, 0.3) is 0 Å². The quantitative estimate of drug-likeness (QED) is 0.809. The molecule has 1 amide bonds. The van der Waals surface area contributed by atoms with E-state index in [1.807, 2.05) is 6.26 Å². The number of carboxylic acid groups (broad SMARTS) is 1. The number of thioether (sulfide) groups is 1. The van der Waals surface area contributed by atoms with Crippen molar-refractivity contribution in [2.75, 3.05) is 12.0 Å². The van der Waals surface area contributed by atoms with Crippen LogP contribution in [-0.2, 0) is 16.0 Å². The van der Waals surface area contributed by atoms with Crippen LogP contribution in [0.1, 0.15) is 12.0 Å². The highest BCUT2D eigenvalue weighted by Gasteiger charge is 2.20. The van der Waals surface area contributed by atoms with Gasteiger partial charge >= 0.3 is 5.97 Å². The number of aliphatic carboxylic acids is 1. The first kappa shape index (κ1) is 16.8. The summed E-state index contributed by atoms with van der Waals surface area (Å²) in [5.74, 6) is -1.64. The van der Waals surface area contributed by atoms with E-state index < -0.39 is 23.7 Å². The SMILES string of the molecule is CSCC[C@@H](NC(=O)Cc1c(F)cccc1Cl)C(=O)O. The van der Waals surface area contributed by atoms with E-state index in [-0.39, 0.29) is 17.0 Å². The van der Waals surface area contributed by atoms with Crippen LogP contribution in [0.5, 0.6) is 0 Å². The van der Waals surface area contributed by atoms with Gasteiger partial charge in [-0.25, -0.2) is 9.18 Å². The molecule has 4 nitrogen and oxygen atoms in total. The number of carbonyl (C=O) groups excluding carboxylic acids is 1. The van der Waals surface area contributed by atoms with Crippen molar-refractivity contribution in [2.24, 2.45) is 0 Å². The standard InChI is InChI=1S/C13H15ClFNO3S/c1-20-6-5-11(13(18)19)16-12(17)7-8-9(14)3-2-4-10(8)15/h2-4,11H,5-7H2,1H3,(H,16,17)(H,18,19)/t11-/m1/s1. The van der Waals surface area contributed by atoms with Gasteiger partial charge in [-0.1, -0.05) is 17.7 Å². The van der Waals surface area contributed by atoms with Crippen LogP contribution in [0.3, 0.4) is 0 Å². The van der Waals surface area contributed by atoms with Gasteiger partial charge in [0.05, 0.1) is 6.42 Å². The van der Waals surface area contributed by atoms with Crippen molar-refractivity contribution in [3.63, 3.8) is 0 Å². The number of hydrogen-bond acceptors (Lipinski definition) is 3. The Morgan fingerprint density at radius 2 is 2.20 bits per heavy atom. The average Bonchev–Trinajstić information content (AvgIpc) is 2.38. The summed E-state index contributed by atoms with van der Waals surface area (Å²) in [6.45, 7) is 0. The zero-order valence-corrected chi connectivity index (χ0v) is 12.4. The van der Waals surface area contributed by atoms with Gasteiger partial charge in [0, 0.05) is 10.6 Å². The highest BCUT2D eigenvalue weighted by molar-refractivity contribution is 7.98. The van der Waals surface area contributed by atoms with Gasteiger partial charge < -0.3 is 10.4 Å². The lowest BCUT2D eigenvalue weighted by Crippen LogP contribution is -2.42. The smallest absolute Gasteiger partial charge is 0.326 e. The van der Waals surface area contributed by atoms with E-state index in [2.05, 4.69) is 5.32 Å². The van der Waals surface area contributed by atoms with Crippen LogP contribution in [0.2, 0.25) is 5.02 Å². The summed E-state index contributed by atoms with van der Waals surface area (Å²) >= 11 is 7.30. The summed E-state index contributed by atoms with van der Waals surface area (Å²) in [6, 6.07) is 3.16. The van der Waals surface area contributed by atoms with Gasteiger partial charge in [-0.05, 0) is 30.6 Å². The Morgan fingerprint density at radius 1 is 1.50 bits per heavy atom. The van der Waals surface area contributed by atoms with Crippen molar-refractivity contribution in [1.29, 1.82) is 0 Å². The number of nitrogens with one attached hydrogen (secondary N) is 1. The molecule has 2 N–H and O–H groups in total. The predicted octanol–water partition coefficient (Wildman–Crippen LogP) is 2.34. The number of benzene rings is 1. The summed E-state index contributed by atoms with van der Waals surface area (Å²) in [7, 11) is 0. The fourth-order valence-corrected chi connectivity index (χ4v) is 2.30. The maximum Gasteiger partial charge on any atom is 0.326 e. The molecule has 7 heteroatoms. The minimum atomic E-state index is -1.10. The summed E-state index contributed by atoms with van der Waals surface area (Å²) in [5.41, 5.74) is 0.0701. The average molecular weight is 320 g/mol. The molecule has 0 unspecified atom stereocenters. The Balaban J connectivity index is 2.68. The highest BCUT2D eigenvalue weighted by atomic mass is 35.5. The predicted molar refractivity (Wildman–Crippen MR) is 77.7 cm³/mol. The van der Waals surface area contributed by atoms with E-state index in [4.69, 9.17) is 16.7 Å². The monoisotopic (exact) mass is 319 g/mol. The van der Waals surface area contributed by atoms with E-state index in [9.17, 15) is 14.0 Å². The fraction of sp³-hybridized carbons (Fsp3) is 0.385. The number of hydrogen-bond donors (Lipinski definition) is 2. The molecule has 20 heavy (non-hydrogen) atoms. The minimum absolute atomic E-state index is 0.0701. The first-order chi connectivity index (χ1) is 9.45. The normalized spacial score (nSPS) is 11.9. The molecule has 0 bridgehead atoms. The van der Waals surface area contributed by atoms with E-state index >= 15 is 0 Å². The van der Waals surface area contributed by atoms with Crippen LogP contribution in [-0.4, -0.2) is 35.0 Å². The lowest BCUT2D eigenvalue weighted by Gasteiger charge is -2.14. The molecule has 0 aliphatic heterocycles. The largest absolute Gasteiger partial charge is 0.480 e. The molecule has 0 aliphatic rings. The number of amides is 1. The van der Waals surface area contributed by atoms with Gasteiger partial charge in [0.15, 0.2) is 0 Å². The third-order valence-corrected chi connectivity index (χ3v) is 3.64. The van der Waals surface area contributed by atoms with E-state index in [0.717, 1.165) is 0 Å². The molecule has 0 aliphatic carbocycles. The Morgan fingerprint density at radius 3 is 2.75 bits per heavy atom. The zero-order valence-electron chi connectivity index (χ0n) is 10.9. The first-order valence-corrected chi connectivity index (χ1v) is 7.67. The number of halogens is 2. The molecule has 1 aromatic carbocycles. The van der Waals surface area contributed by atoms with E-state index in [1.54, 1.807) is 0 Å². The topological polar surface area (TPSA) is 66.4 Å². The lowest BCUT2D eigenvalue weighted by atomic mass is 10.1. The summed E-state index contributed by atoms with van der Waals surface area (Å²) < 4.78 is 13.5. The van der Waals surface area contributed by atoms with Gasteiger partial charge in [0.2, 0.25) is 5.91 Å². The van der Waals surface area contributed by atoms with Gasteiger partial charge in [-0.15, -0.1) is 0 Å². The van der Waals surface area contributed by atoms with Crippen LogP contribution in [0.4, 0.5) is 4.39 Å². The maximum atomic E-state index is 13.5. The molecule has 0 radical (unpaired) electrons. The van der Waals surface area contributed by atoms with Gasteiger partial charge in [-0.3, -0.25) is 4.79 Å². The molecule has 0 saturated carbocycles. The van der Waals surface area contributed by atoms with Crippen molar-refractivity contribution >= 4 is 35.2 Å². The van der Waals surface area contributed by atoms with E-state index in [1.165, 1.54) is 30.0 Å². The third kappa shape index (κ3) is 5.02. The zero-order chi connectivity index (χ0) is 15.1. The molecule has 0 aromatic heterocycles. The molecule has 0 heterocycles. The molecule has 0 fully saturated rings. The van der Waals surface area contributed by atoms with Crippen molar-refractivity contribution in [2.45, 2.75) is 18.9 Å². The second kappa shape index (κ2) is 8.11. The maximum absolute atomic E-state index is 13.5. The molecule has 1 atom stereocenters. The molecule has 1 aromatic rings. The Hall–Kier alpha value is -1.27. The number of carboxylic acids is 1. The van der Waals surface area contributed by atoms with Crippen molar-refractivity contribution < 1.29 is 19.1 Å². The highest BCUT2D eigenvalue weighted by Crippen LogP contribution is 2.19. The fourth-order valence-electron chi connectivity index (χ4n) is 1.60. The molecule has 0 saturated heterocycles. The molecule has 0 spiro atoms. The molecule has 110 valence electrons. The van der Waals surface area contributed by atoms with Gasteiger partial charge in [0.25, 0.3) is 0 Å². The van der Waals surface area contributed by atoms with Crippen molar-refractivity contribution in [3.8, 4) is 0 Å². The molecule has 1 rings (SSSR count). The second-order valence-corrected chi connectivity index (χ2v) is 5.51.